The van der Waals surface area contributed by atoms with Gasteiger partial charge < -0.3 is 5.11 Å². The molecule has 1 heterocycles. The molecule has 0 saturated carbocycles. The SMILES string of the molecule is CSc1ccccc1-n1cnc2cc(C(=O)O)ccc21. The zero-order valence-electron chi connectivity index (χ0n) is 10.8. The molecule has 5 heteroatoms. The predicted octanol–water partition coefficient (Wildman–Crippen LogP) is 3.45. The number of rotatable bonds is 3. The van der Waals surface area contributed by atoms with Gasteiger partial charge in [-0.2, -0.15) is 0 Å². The molecule has 2 aromatic carbocycles. The Kier molecular flexibility index (Phi) is 3.20. The highest BCUT2D eigenvalue weighted by Crippen LogP contribution is 2.27. The van der Waals surface area contributed by atoms with Crippen molar-refractivity contribution in [3.63, 3.8) is 0 Å². The largest absolute Gasteiger partial charge is 0.478 e. The first kappa shape index (κ1) is 12.7. The summed E-state index contributed by atoms with van der Waals surface area (Å²) < 4.78 is 1.98. The number of hydrogen-bond acceptors (Lipinski definition) is 3. The summed E-state index contributed by atoms with van der Waals surface area (Å²) in [6.45, 7) is 0. The van der Waals surface area contributed by atoms with Crippen molar-refractivity contribution in [3.8, 4) is 5.69 Å². The fraction of sp³-hybridized carbons (Fsp3) is 0.0667. The lowest BCUT2D eigenvalue weighted by Crippen LogP contribution is -1.97. The topological polar surface area (TPSA) is 55.1 Å². The normalized spacial score (nSPS) is 10.8. The molecule has 0 spiro atoms. The molecule has 4 nitrogen and oxygen atoms in total. The average Bonchev–Trinajstić information content (AvgIpc) is 2.89. The summed E-state index contributed by atoms with van der Waals surface area (Å²) in [4.78, 5) is 16.4. The number of nitrogens with zero attached hydrogens (tertiary/aromatic N) is 2. The summed E-state index contributed by atoms with van der Waals surface area (Å²) in [5.41, 5.74) is 2.88. The monoisotopic (exact) mass is 284 g/mol. The van der Waals surface area contributed by atoms with Crippen LogP contribution in [0.1, 0.15) is 10.4 Å². The Morgan fingerprint density at radius 1 is 1.25 bits per heavy atom. The molecule has 0 amide bonds. The maximum atomic E-state index is 11.0. The van der Waals surface area contributed by atoms with Crippen LogP contribution in [0.5, 0.6) is 0 Å². The van der Waals surface area contributed by atoms with Crippen molar-refractivity contribution in [2.24, 2.45) is 0 Å². The summed E-state index contributed by atoms with van der Waals surface area (Å²) in [5.74, 6) is -0.939. The Hall–Kier alpha value is -2.27. The zero-order chi connectivity index (χ0) is 14.1. The smallest absolute Gasteiger partial charge is 0.335 e. The lowest BCUT2D eigenvalue weighted by atomic mass is 10.2. The van der Waals surface area contributed by atoms with E-state index >= 15 is 0 Å². The lowest BCUT2D eigenvalue weighted by Gasteiger charge is -2.09. The minimum Gasteiger partial charge on any atom is -0.478 e. The number of imidazole rings is 1. The highest BCUT2D eigenvalue weighted by molar-refractivity contribution is 7.98. The van der Waals surface area contributed by atoms with Gasteiger partial charge in [-0.25, -0.2) is 9.78 Å². The molecule has 0 bridgehead atoms. The number of para-hydroxylation sites is 1. The van der Waals surface area contributed by atoms with E-state index in [1.54, 1.807) is 36.3 Å². The Morgan fingerprint density at radius 2 is 2.05 bits per heavy atom. The molecule has 100 valence electrons. The van der Waals surface area contributed by atoms with Gasteiger partial charge in [-0.3, -0.25) is 4.57 Å². The van der Waals surface area contributed by atoms with Crippen LogP contribution in [0.3, 0.4) is 0 Å². The Labute approximate surface area is 120 Å². The quantitative estimate of drug-likeness (QED) is 0.748. The van der Waals surface area contributed by atoms with Crippen molar-refractivity contribution in [2.45, 2.75) is 4.90 Å². The van der Waals surface area contributed by atoms with Gasteiger partial charge >= 0.3 is 5.97 Å². The van der Waals surface area contributed by atoms with E-state index < -0.39 is 5.97 Å². The molecule has 0 aliphatic carbocycles. The van der Waals surface area contributed by atoms with E-state index in [0.717, 1.165) is 16.1 Å². The fourth-order valence-corrected chi connectivity index (χ4v) is 2.76. The van der Waals surface area contributed by atoms with Crippen LogP contribution in [0.15, 0.2) is 53.7 Å². The minimum atomic E-state index is -0.939. The lowest BCUT2D eigenvalue weighted by molar-refractivity contribution is 0.0697. The van der Waals surface area contributed by atoms with Crippen LogP contribution in [0.4, 0.5) is 0 Å². The molecule has 20 heavy (non-hydrogen) atoms. The van der Waals surface area contributed by atoms with Crippen LogP contribution < -0.4 is 0 Å². The second-order valence-corrected chi connectivity index (χ2v) is 5.14. The molecular weight excluding hydrogens is 272 g/mol. The molecule has 0 fully saturated rings. The molecule has 0 radical (unpaired) electrons. The van der Waals surface area contributed by atoms with E-state index in [-0.39, 0.29) is 5.56 Å². The van der Waals surface area contributed by atoms with Gasteiger partial charge in [0.05, 0.1) is 22.3 Å². The third-order valence-corrected chi connectivity index (χ3v) is 3.92. The van der Waals surface area contributed by atoms with Gasteiger partial charge in [-0.05, 0) is 36.6 Å². The van der Waals surface area contributed by atoms with E-state index in [1.165, 1.54) is 0 Å². The van der Waals surface area contributed by atoms with Crippen LogP contribution in [-0.4, -0.2) is 26.9 Å². The van der Waals surface area contributed by atoms with Crippen molar-refractivity contribution in [2.75, 3.05) is 6.26 Å². The number of fused-ring (bicyclic) bond motifs is 1. The molecule has 0 aliphatic rings. The second-order valence-electron chi connectivity index (χ2n) is 4.30. The van der Waals surface area contributed by atoms with Crippen LogP contribution in [0, 0.1) is 0 Å². The van der Waals surface area contributed by atoms with Gasteiger partial charge in [-0.15, -0.1) is 11.8 Å². The molecule has 3 rings (SSSR count). The van der Waals surface area contributed by atoms with Crippen molar-refractivity contribution < 1.29 is 9.90 Å². The number of benzene rings is 2. The van der Waals surface area contributed by atoms with Gasteiger partial charge in [0.25, 0.3) is 0 Å². The zero-order valence-corrected chi connectivity index (χ0v) is 11.6. The highest BCUT2D eigenvalue weighted by Gasteiger charge is 2.10. The first-order valence-electron chi connectivity index (χ1n) is 6.04. The summed E-state index contributed by atoms with van der Waals surface area (Å²) in [5, 5.41) is 9.01. The standard InChI is InChI=1S/C15H12N2O2S/c1-20-14-5-3-2-4-13(14)17-9-16-11-8-10(15(18)19)6-7-12(11)17/h2-9H,1H3,(H,18,19). The molecule has 1 N–H and O–H groups in total. The Bertz CT molecular complexity index is 795. The summed E-state index contributed by atoms with van der Waals surface area (Å²) >= 11 is 1.67. The highest BCUT2D eigenvalue weighted by atomic mass is 32.2. The third-order valence-electron chi connectivity index (χ3n) is 3.14. The molecule has 0 saturated heterocycles. The number of carboxylic acid groups (broad SMARTS) is 1. The van der Waals surface area contributed by atoms with Crippen molar-refractivity contribution in [3.05, 3.63) is 54.4 Å². The van der Waals surface area contributed by atoms with Crippen LogP contribution >= 0.6 is 11.8 Å². The summed E-state index contributed by atoms with van der Waals surface area (Å²) in [6.07, 6.45) is 3.76. The van der Waals surface area contributed by atoms with Crippen molar-refractivity contribution in [1.82, 2.24) is 9.55 Å². The molecule has 0 aliphatic heterocycles. The van der Waals surface area contributed by atoms with E-state index in [2.05, 4.69) is 11.1 Å². The fourth-order valence-electron chi connectivity index (χ4n) is 2.17. The van der Waals surface area contributed by atoms with Crippen molar-refractivity contribution in [1.29, 1.82) is 0 Å². The predicted molar refractivity (Wildman–Crippen MR) is 79.8 cm³/mol. The number of aromatic nitrogens is 2. The molecular formula is C15H12N2O2S. The van der Waals surface area contributed by atoms with Gasteiger partial charge in [0.2, 0.25) is 0 Å². The molecule has 0 atom stereocenters. The van der Waals surface area contributed by atoms with Crippen LogP contribution in [0.25, 0.3) is 16.7 Å². The summed E-state index contributed by atoms with van der Waals surface area (Å²) in [6, 6.07) is 13.0. The van der Waals surface area contributed by atoms with Gasteiger partial charge in [0.1, 0.15) is 6.33 Å². The minimum absolute atomic E-state index is 0.251. The molecule has 3 aromatic rings. The Balaban J connectivity index is 2.20. The van der Waals surface area contributed by atoms with Gasteiger partial charge in [0, 0.05) is 4.90 Å². The Morgan fingerprint density at radius 3 is 2.80 bits per heavy atom. The maximum Gasteiger partial charge on any atom is 0.335 e. The van der Waals surface area contributed by atoms with Crippen LogP contribution in [0.2, 0.25) is 0 Å². The van der Waals surface area contributed by atoms with Crippen molar-refractivity contribution >= 4 is 28.8 Å². The first-order valence-corrected chi connectivity index (χ1v) is 7.27. The average molecular weight is 284 g/mol. The van der Waals surface area contributed by atoms with E-state index in [9.17, 15) is 4.79 Å². The van der Waals surface area contributed by atoms with Gasteiger partial charge in [-0.1, -0.05) is 12.1 Å². The van der Waals surface area contributed by atoms with Crippen LogP contribution in [-0.2, 0) is 0 Å². The molecule has 1 aromatic heterocycles. The number of hydrogen-bond donors (Lipinski definition) is 1. The number of aromatic carboxylic acids is 1. The third kappa shape index (κ3) is 2.06. The van der Waals surface area contributed by atoms with E-state index in [4.69, 9.17) is 5.11 Å². The number of carbonyl (C=O) groups is 1. The maximum absolute atomic E-state index is 11.0. The second kappa shape index (κ2) is 5.02. The van der Waals surface area contributed by atoms with E-state index in [0.29, 0.717) is 5.52 Å². The number of thioether (sulfide) groups is 1. The summed E-state index contributed by atoms with van der Waals surface area (Å²) in [7, 11) is 0. The van der Waals surface area contributed by atoms with E-state index in [1.807, 2.05) is 29.0 Å². The number of carboxylic acids is 1. The van der Waals surface area contributed by atoms with Gasteiger partial charge in [0.15, 0.2) is 0 Å². The first-order chi connectivity index (χ1) is 9.70. The molecule has 0 unspecified atom stereocenters.